The van der Waals surface area contributed by atoms with Crippen molar-refractivity contribution in [1.29, 1.82) is 0 Å². The first kappa shape index (κ1) is 12.3. The van der Waals surface area contributed by atoms with Crippen LogP contribution in [0.2, 0.25) is 10.0 Å². The highest BCUT2D eigenvalue weighted by Crippen LogP contribution is 2.29. The highest BCUT2D eigenvalue weighted by atomic mass is 35.5. The first-order valence-electron chi connectivity index (χ1n) is 4.32. The van der Waals surface area contributed by atoms with Gasteiger partial charge in [-0.2, -0.15) is 0 Å². The molecule has 1 aromatic rings. The van der Waals surface area contributed by atoms with Gasteiger partial charge in [-0.05, 0) is 25.1 Å². The summed E-state index contributed by atoms with van der Waals surface area (Å²) < 4.78 is 18.1. The maximum absolute atomic E-state index is 13.5. The molecule has 0 fully saturated rings. The Labute approximate surface area is 96.9 Å². The molecule has 0 heterocycles. The van der Waals surface area contributed by atoms with Gasteiger partial charge in [0, 0.05) is 15.6 Å². The maximum Gasteiger partial charge on any atom is 0.345 e. The van der Waals surface area contributed by atoms with E-state index in [1.54, 1.807) is 6.92 Å². The zero-order chi connectivity index (χ0) is 11.4. The molecule has 0 saturated carbocycles. The minimum atomic E-state index is -1.89. The van der Waals surface area contributed by atoms with Gasteiger partial charge >= 0.3 is 5.97 Å². The summed E-state index contributed by atoms with van der Waals surface area (Å²) >= 11 is 11.4. The molecular formula is C10H9Cl2FO2. The van der Waals surface area contributed by atoms with Gasteiger partial charge in [0.15, 0.2) is 0 Å². The highest BCUT2D eigenvalue weighted by Gasteiger charge is 2.23. The number of benzene rings is 1. The second-order valence-corrected chi connectivity index (χ2v) is 3.62. The molecule has 0 bridgehead atoms. The number of hydrogen-bond donors (Lipinski definition) is 0. The van der Waals surface area contributed by atoms with Crippen LogP contribution in [-0.4, -0.2) is 12.6 Å². The third-order valence-electron chi connectivity index (χ3n) is 1.72. The summed E-state index contributed by atoms with van der Waals surface area (Å²) in [5.41, 5.74) is 0.0302. The van der Waals surface area contributed by atoms with E-state index in [1.165, 1.54) is 18.2 Å². The van der Waals surface area contributed by atoms with Crippen LogP contribution in [0.5, 0.6) is 0 Å². The van der Waals surface area contributed by atoms with Crippen LogP contribution in [0.15, 0.2) is 18.2 Å². The maximum atomic E-state index is 13.5. The van der Waals surface area contributed by atoms with Crippen molar-refractivity contribution in [3.63, 3.8) is 0 Å². The van der Waals surface area contributed by atoms with Crippen LogP contribution in [0.4, 0.5) is 4.39 Å². The fraction of sp³-hybridized carbons (Fsp3) is 0.300. The second-order valence-electron chi connectivity index (χ2n) is 2.78. The lowest BCUT2D eigenvalue weighted by molar-refractivity contribution is -0.149. The van der Waals surface area contributed by atoms with Gasteiger partial charge in [-0.3, -0.25) is 0 Å². The Morgan fingerprint density at radius 1 is 1.53 bits per heavy atom. The van der Waals surface area contributed by atoms with E-state index >= 15 is 0 Å². The molecule has 0 aromatic heterocycles. The van der Waals surface area contributed by atoms with Crippen LogP contribution in [-0.2, 0) is 9.53 Å². The Hall–Kier alpha value is -0.800. The lowest BCUT2D eigenvalue weighted by atomic mass is 10.1. The highest BCUT2D eigenvalue weighted by molar-refractivity contribution is 6.33. The molecule has 1 unspecified atom stereocenters. The molecule has 1 rings (SSSR count). The number of ether oxygens (including phenoxy) is 1. The van der Waals surface area contributed by atoms with Gasteiger partial charge in [-0.25, -0.2) is 9.18 Å². The zero-order valence-electron chi connectivity index (χ0n) is 7.97. The van der Waals surface area contributed by atoms with Crippen LogP contribution in [0.3, 0.4) is 0 Å². The predicted octanol–water partition coefficient (Wildman–Crippen LogP) is 3.57. The standard InChI is InChI=1S/C10H9Cl2FO2/c1-2-15-10(14)9(13)7-5-6(11)3-4-8(7)12/h3-5,9H,2H2,1H3. The second kappa shape index (κ2) is 5.33. The van der Waals surface area contributed by atoms with Crippen molar-refractivity contribution in [3.05, 3.63) is 33.8 Å². The predicted molar refractivity (Wildman–Crippen MR) is 56.9 cm³/mol. The fourth-order valence-electron chi connectivity index (χ4n) is 1.05. The number of hydrogen-bond acceptors (Lipinski definition) is 2. The number of halogens is 3. The number of carbonyl (C=O) groups excluding carboxylic acids is 1. The molecule has 0 aliphatic heterocycles. The van der Waals surface area contributed by atoms with Gasteiger partial charge in [0.25, 0.3) is 0 Å². The average Bonchev–Trinajstić information content (AvgIpc) is 2.21. The summed E-state index contributed by atoms with van der Waals surface area (Å²) in [6.45, 7) is 1.72. The van der Waals surface area contributed by atoms with Crippen LogP contribution in [0.25, 0.3) is 0 Å². The van der Waals surface area contributed by atoms with Crippen molar-refractivity contribution in [2.75, 3.05) is 6.61 Å². The van der Waals surface area contributed by atoms with E-state index in [4.69, 9.17) is 23.2 Å². The van der Waals surface area contributed by atoms with Gasteiger partial charge in [0.1, 0.15) is 0 Å². The van der Waals surface area contributed by atoms with Gasteiger partial charge in [0.2, 0.25) is 6.17 Å². The Kier molecular flexibility index (Phi) is 4.36. The minimum absolute atomic E-state index is 0.0302. The van der Waals surface area contributed by atoms with E-state index in [9.17, 15) is 9.18 Å². The third kappa shape index (κ3) is 3.08. The van der Waals surface area contributed by atoms with Crippen LogP contribution in [0.1, 0.15) is 18.7 Å². The van der Waals surface area contributed by atoms with Crippen molar-refractivity contribution in [2.24, 2.45) is 0 Å². The first-order chi connectivity index (χ1) is 7.06. The Bertz CT molecular complexity index is 368. The summed E-state index contributed by atoms with van der Waals surface area (Å²) in [6.07, 6.45) is -1.89. The summed E-state index contributed by atoms with van der Waals surface area (Å²) in [5, 5.41) is 0.473. The first-order valence-corrected chi connectivity index (χ1v) is 5.07. The van der Waals surface area contributed by atoms with Crippen molar-refractivity contribution in [2.45, 2.75) is 13.1 Å². The normalized spacial score (nSPS) is 12.3. The molecule has 1 aromatic carbocycles. The molecule has 82 valence electrons. The number of esters is 1. The third-order valence-corrected chi connectivity index (χ3v) is 2.30. The molecule has 15 heavy (non-hydrogen) atoms. The van der Waals surface area contributed by atoms with Gasteiger partial charge in [-0.15, -0.1) is 0 Å². The summed E-state index contributed by atoms with van der Waals surface area (Å²) in [5.74, 6) is -0.957. The number of rotatable bonds is 3. The molecule has 0 spiro atoms. The van der Waals surface area contributed by atoms with E-state index < -0.39 is 12.1 Å². The van der Waals surface area contributed by atoms with E-state index in [1.807, 2.05) is 0 Å². The van der Waals surface area contributed by atoms with Crippen LogP contribution in [0, 0.1) is 0 Å². The van der Waals surface area contributed by atoms with Crippen LogP contribution >= 0.6 is 23.2 Å². The molecule has 0 N–H and O–H groups in total. The molecule has 0 radical (unpaired) electrons. The molecule has 1 atom stereocenters. The lowest BCUT2D eigenvalue weighted by Gasteiger charge is -2.09. The number of carbonyl (C=O) groups is 1. The Balaban J connectivity index is 2.94. The van der Waals surface area contributed by atoms with Crippen LogP contribution < -0.4 is 0 Å². The van der Waals surface area contributed by atoms with Gasteiger partial charge in [0.05, 0.1) is 6.61 Å². The molecule has 2 nitrogen and oxygen atoms in total. The minimum Gasteiger partial charge on any atom is -0.464 e. The lowest BCUT2D eigenvalue weighted by Crippen LogP contribution is -2.12. The zero-order valence-corrected chi connectivity index (χ0v) is 9.48. The van der Waals surface area contributed by atoms with Crippen molar-refractivity contribution < 1.29 is 13.9 Å². The quantitative estimate of drug-likeness (QED) is 0.767. The van der Waals surface area contributed by atoms with Crippen molar-refractivity contribution >= 4 is 29.2 Å². The number of alkyl halides is 1. The van der Waals surface area contributed by atoms with Crippen molar-refractivity contribution in [3.8, 4) is 0 Å². The van der Waals surface area contributed by atoms with Gasteiger partial charge < -0.3 is 4.74 Å². The molecule has 5 heteroatoms. The van der Waals surface area contributed by atoms with Gasteiger partial charge in [-0.1, -0.05) is 23.2 Å². The summed E-state index contributed by atoms with van der Waals surface area (Å²) in [7, 11) is 0. The van der Waals surface area contributed by atoms with E-state index in [0.29, 0.717) is 5.02 Å². The van der Waals surface area contributed by atoms with E-state index in [-0.39, 0.29) is 17.2 Å². The molecule has 0 saturated heterocycles. The Morgan fingerprint density at radius 3 is 2.80 bits per heavy atom. The van der Waals surface area contributed by atoms with E-state index in [0.717, 1.165) is 0 Å². The largest absolute Gasteiger partial charge is 0.464 e. The molecule has 0 amide bonds. The topological polar surface area (TPSA) is 26.3 Å². The summed E-state index contributed by atoms with van der Waals surface area (Å²) in [4.78, 5) is 11.1. The molecular weight excluding hydrogens is 242 g/mol. The fourth-order valence-corrected chi connectivity index (χ4v) is 1.45. The van der Waals surface area contributed by atoms with E-state index in [2.05, 4.69) is 4.74 Å². The monoisotopic (exact) mass is 250 g/mol. The summed E-state index contributed by atoms with van der Waals surface area (Å²) in [6, 6.07) is 4.27. The molecule has 0 aliphatic carbocycles. The molecule has 0 aliphatic rings. The smallest absolute Gasteiger partial charge is 0.345 e. The SMILES string of the molecule is CCOC(=O)C(F)c1cc(Cl)ccc1Cl. The average molecular weight is 251 g/mol. The Morgan fingerprint density at radius 2 is 2.20 bits per heavy atom. The van der Waals surface area contributed by atoms with Crippen molar-refractivity contribution in [1.82, 2.24) is 0 Å².